The fourth-order valence-corrected chi connectivity index (χ4v) is 3.89. The van der Waals surface area contributed by atoms with E-state index in [4.69, 9.17) is 14.2 Å². The zero-order chi connectivity index (χ0) is 23.1. The van der Waals surface area contributed by atoms with Gasteiger partial charge in [-0.1, -0.05) is 12.1 Å². The molecule has 1 aliphatic heterocycles. The van der Waals surface area contributed by atoms with Gasteiger partial charge < -0.3 is 29.4 Å². The van der Waals surface area contributed by atoms with Gasteiger partial charge in [0.05, 0.1) is 19.8 Å². The highest BCUT2D eigenvalue weighted by Crippen LogP contribution is 2.22. The Balaban J connectivity index is 1.79. The second kappa shape index (κ2) is 11.0. The molecule has 32 heavy (non-hydrogen) atoms. The zero-order valence-electron chi connectivity index (χ0n) is 19.3. The van der Waals surface area contributed by atoms with E-state index >= 15 is 0 Å². The monoisotopic (exact) mass is 443 g/mol. The Hall–Kier alpha value is -3.00. The average molecular weight is 444 g/mol. The molecule has 2 heterocycles. The van der Waals surface area contributed by atoms with Crippen molar-refractivity contribution in [2.24, 2.45) is 0 Å². The number of nitrogens with one attached hydrogen (secondary N) is 2. The topological polar surface area (TPSA) is 92.9 Å². The number of hydrogen-bond acceptors (Lipinski definition) is 5. The van der Waals surface area contributed by atoms with Gasteiger partial charge in [0, 0.05) is 31.9 Å². The van der Waals surface area contributed by atoms with Crippen LogP contribution < -0.4 is 10.1 Å². The van der Waals surface area contributed by atoms with Crippen LogP contribution in [0.15, 0.2) is 24.3 Å². The fourth-order valence-electron chi connectivity index (χ4n) is 3.89. The number of urea groups is 1. The summed E-state index contributed by atoms with van der Waals surface area (Å²) in [5.74, 6) is 0.378. The number of amides is 2. The molecule has 8 nitrogen and oxygen atoms in total. The number of nitrogens with zero attached hydrogens (tertiary/aromatic N) is 1. The van der Waals surface area contributed by atoms with Gasteiger partial charge >= 0.3 is 12.0 Å². The zero-order valence-corrected chi connectivity index (χ0v) is 19.3. The van der Waals surface area contributed by atoms with E-state index in [1.54, 1.807) is 18.9 Å². The number of aromatic amines is 1. The molecule has 2 aromatic rings. The Morgan fingerprint density at radius 1 is 1.22 bits per heavy atom. The normalized spacial score (nSPS) is 15.4. The number of benzene rings is 1. The highest BCUT2D eigenvalue weighted by Gasteiger charge is 2.24. The van der Waals surface area contributed by atoms with Crippen molar-refractivity contribution >= 4 is 12.0 Å². The summed E-state index contributed by atoms with van der Waals surface area (Å²) >= 11 is 0. The van der Waals surface area contributed by atoms with E-state index in [0.717, 1.165) is 47.6 Å². The van der Waals surface area contributed by atoms with E-state index in [0.29, 0.717) is 31.9 Å². The van der Waals surface area contributed by atoms with Gasteiger partial charge in [-0.3, -0.25) is 0 Å². The molecule has 1 aliphatic rings. The summed E-state index contributed by atoms with van der Waals surface area (Å²) in [6, 6.07) is 7.47. The molecule has 8 heteroatoms. The van der Waals surface area contributed by atoms with E-state index in [9.17, 15) is 9.59 Å². The Bertz CT molecular complexity index is 916. The number of aryl methyl sites for hydroxylation is 1. The minimum atomic E-state index is -0.385. The maximum absolute atomic E-state index is 13.1. The number of ether oxygens (including phenoxy) is 3. The molecule has 2 N–H and O–H groups in total. The van der Waals surface area contributed by atoms with Gasteiger partial charge in [-0.25, -0.2) is 9.59 Å². The van der Waals surface area contributed by atoms with Crippen LogP contribution in [0.2, 0.25) is 0 Å². The van der Waals surface area contributed by atoms with Gasteiger partial charge in [0.25, 0.3) is 0 Å². The van der Waals surface area contributed by atoms with Gasteiger partial charge in [0.2, 0.25) is 0 Å². The lowest BCUT2D eigenvalue weighted by Gasteiger charge is -2.25. The molecule has 0 unspecified atom stereocenters. The predicted molar refractivity (Wildman–Crippen MR) is 121 cm³/mol. The molecule has 0 saturated carbocycles. The number of carbonyl (C=O) groups excluding carboxylic acids is 2. The third-order valence-corrected chi connectivity index (χ3v) is 5.75. The van der Waals surface area contributed by atoms with Crippen LogP contribution in [0, 0.1) is 13.8 Å². The highest BCUT2D eigenvalue weighted by molar-refractivity contribution is 5.89. The fraction of sp³-hybridized carbons (Fsp3) is 0.500. The van der Waals surface area contributed by atoms with E-state index in [1.165, 1.54) is 0 Å². The summed E-state index contributed by atoms with van der Waals surface area (Å²) in [7, 11) is 1.62. The van der Waals surface area contributed by atoms with Crippen LogP contribution in [0.1, 0.15) is 52.6 Å². The number of esters is 1. The summed E-state index contributed by atoms with van der Waals surface area (Å²) < 4.78 is 16.0. The van der Waals surface area contributed by atoms with Crippen LogP contribution in [0.3, 0.4) is 0 Å². The third-order valence-electron chi connectivity index (χ3n) is 5.75. The first-order valence-corrected chi connectivity index (χ1v) is 11.0. The molecule has 174 valence electrons. The van der Waals surface area contributed by atoms with Gasteiger partial charge in [0.15, 0.2) is 0 Å². The van der Waals surface area contributed by atoms with Crippen LogP contribution in [-0.4, -0.2) is 54.9 Å². The first-order chi connectivity index (χ1) is 15.4. The molecule has 1 saturated heterocycles. The van der Waals surface area contributed by atoms with Crippen LogP contribution in [0.5, 0.6) is 5.75 Å². The summed E-state index contributed by atoms with van der Waals surface area (Å²) in [5.41, 5.74) is 3.97. The number of carbonyl (C=O) groups is 2. The van der Waals surface area contributed by atoms with Crippen molar-refractivity contribution in [1.82, 2.24) is 15.2 Å². The molecule has 0 aliphatic carbocycles. The molecule has 3 rings (SSSR count). The van der Waals surface area contributed by atoms with Gasteiger partial charge in [0.1, 0.15) is 11.4 Å². The maximum atomic E-state index is 13.1. The van der Waals surface area contributed by atoms with Gasteiger partial charge in [-0.15, -0.1) is 0 Å². The molecule has 1 aromatic heterocycles. The van der Waals surface area contributed by atoms with Crippen molar-refractivity contribution in [2.45, 2.75) is 52.8 Å². The molecular weight excluding hydrogens is 410 g/mol. The smallest absolute Gasteiger partial charge is 0.355 e. The first-order valence-electron chi connectivity index (χ1n) is 11.0. The third kappa shape index (κ3) is 5.82. The number of hydrogen-bond donors (Lipinski definition) is 2. The molecular formula is C24H33N3O5. The molecule has 1 fully saturated rings. The van der Waals surface area contributed by atoms with Gasteiger partial charge in [-0.05, 0) is 62.4 Å². The summed E-state index contributed by atoms with van der Waals surface area (Å²) in [5, 5.41) is 3.01. The minimum absolute atomic E-state index is 0.0629. The van der Waals surface area contributed by atoms with E-state index in [-0.39, 0.29) is 18.1 Å². The molecule has 0 bridgehead atoms. The molecule has 0 radical (unpaired) electrons. The lowest BCUT2D eigenvalue weighted by molar-refractivity contribution is 0.0519. The van der Waals surface area contributed by atoms with Crippen molar-refractivity contribution in [3.63, 3.8) is 0 Å². The van der Waals surface area contributed by atoms with E-state index in [2.05, 4.69) is 10.3 Å². The van der Waals surface area contributed by atoms with Crippen molar-refractivity contribution in [3.8, 4) is 5.75 Å². The first kappa shape index (κ1) is 23.7. The van der Waals surface area contributed by atoms with E-state index < -0.39 is 0 Å². The van der Waals surface area contributed by atoms with Crippen LogP contribution in [-0.2, 0) is 22.6 Å². The van der Waals surface area contributed by atoms with E-state index in [1.807, 2.05) is 38.1 Å². The van der Waals surface area contributed by atoms with Crippen LogP contribution in [0.4, 0.5) is 4.79 Å². The molecule has 2 amide bonds. The van der Waals surface area contributed by atoms with Crippen molar-refractivity contribution in [2.75, 3.05) is 26.9 Å². The standard InChI is InChI=1S/C24H33N3O5/c1-5-31-23(28)22-16(2)21(17(3)26-22)15-27(14-18-8-10-19(30-4)11-9-18)24(29)25-13-20-7-6-12-32-20/h8-11,20,26H,5-7,12-15H2,1-4H3,(H,25,29)/t20-/m1/s1. The largest absolute Gasteiger partial charge is 0.497 e. The Kier molecular flexibility index (Phi) is 8.16. The van der Waals surface area contributed by atoms with Crippen molar-refractivity contribution in [3.05, 3.63) is 52.3 Å². The predicted octanol–water partition coefficient (Wildman–Crippen LogP) is 3.71. The lowest BCUT2D eigenvalue weighted by Crippen LogP contribution is -2.42. The number of rotatable bonds is 9. The average Bonchev–Trinajstić information content (AvgIpc) is 3.41. The summed E-state index contributed by atoms with van der Waals surface area (Å²) in [4.78, 5) is 30.3. The quantitative estimate of drug-likeness (QED) is 0.577. The van der Waals surface area contributed by atoms with Crippen LogP contribution >= 0.6 is 0 Å². The van der Waals surface area contributed by atoms with Crippen molar-refractivity contribution in [1.29, 1.82) is 0 Å². The number of aromatic nitrogens is 1. The van der Waals surface area contributed by atoms with Gasteiger partial charge in [-0.2, -0.15) is 0 Å². The molecule has 0 spiro atoms. The van der Waals surface area contributed by atoms with Crippen LogP contribution in [0.25, 0.3) is 0 Å². The second-order valence-corrected chi connectivity index (χ2v) is 7.97. The SMILES string of the molecule is CCOC(=O)c1[nH]c(C)c(CN(Cc2ccc(OC)cc2)C(=O)NC[C@H]2CCCO2)c1C. The Morgan fingerprint density at radius 2 is 1.97 bits per heavy atom. The molecule has 1 aromatic carbocycles. The lowest BCUT2D eigenvalue weighted by atomic mass is 10.1. The second-order valence-electron chi connectivity index (χ2n) is 7.97. The number of H-pyrrole nitrogens is 1. The highest BCUT2D eigenvalue weighted by atomic mass is 16.5. The van der Waals surface area contributed by atoms with Crippen molar-refractivity contribution < 1.29 is 23.8 Å². The maximum Gasteiger partial charge on any atom is 0.355 e. The summed E-state index contributed by atoms with van der Waals surface area (Å²) in [6.45, 7) is 7.87. The number of methoxy groups -OCH3 is 1. The Labute approximate surface area is 189 Å². The molecule has 1 atom stereocenters. The minimum Gasteiger partial charge on any atom is -0.497 e. The summed E-state index contributed by atoms with van der Waals surface area (Å²) in [6.07, 6.45) is 2.04. The Morgan fingerprint density at radius 3 is 2.59 bits per heavy atom.